The molecule has 2 N–H and O–H groups in total. The van der Waals surface area contributed by atoms with Crippen LogP contribution in [0.15, 0.2) is 36.7 Å². The van der Waals surface area contributed by atoms with Crippen molar-refractivity contribution in [2.75, 3.05) is 30.8 Å². The summed E-state index contributed by atoms with van der Waals surface area (Å²) >= 11 is 6.12. The number of nitrogens with zero attached hydrogens (tertiary/aromatic N) is 3. The molecule has 1 fully saturated rings. The van der Waals surface area contributed by atoms with Gasteiger partial charge in [0.1, 0.15) is 12.0 Å². The smallest absolute Gasteiger partial charge is 0.157 e. The minimum atomic E-state index is 0.405. The average molecular weight is 346 g/mol. The first-order valence-corrected chi connectivity index (χ1v) is 8.80. The third-order valence-electron chi connectivity index (χ3n) is 4.75. The standard InChI is InChI=1S/C18H24ClN5/c1-13(14-6-4-3-5-7-14)24-10-8-15(9-11-24)23-18-16(20-2)17(19)21-12-22-18/h3-7,12-13,15,20H,8-11H2,1-2H3,(H,21,22,23). The molecule has 1 unspecified atom stereocenters. The molecule has 0 amide bonds. The Morgan fingerprint density at radius 3 is 2.54 bits per heavy atom. The van der Waals surface area contributed by atoms with Gasteiger partial charge in [-0.25, -0.2) is 9.97 Å². The molecule has 1 aromatic carbocycles. The van der Waals surface area contributed by atoms with Gasteiger partial charge in [0, 0.05) is 32.2 Å². The van der Waals surface area contributed by atoms with Crippen molar-refractivity contribution < 1.29 is 0 Å². The molecular weight excluding hydrogens is 322 g/mol. The molecule has 0 radical (unpaired) electrons. The molecule has 2 aromatic rings. The molecule has 0 bridgehead atoms. The topological polar surface area (TPSA) is 53.1 Å². The Hall–Kier alpha value is -1.85. The Bertz CT molecular complexity index is 656. The van der Waals surface area contributed by atoms with Gasteiger partial charge in [0.25, 0.3) is 0 Å². The van der Waals surface area contributed by atoms with Gasteiger partial charge in [0.2, 0.25) is 0 Å². The van der Waals surface area contributed by atoms with Crippen LogP contribution in [0.25, 0.3) is 0 Å². The van der Waals surface area contributed by atoms with Crippen LogP contribution in [0, 0.1) is 0 Å². The van der Waals surface area contributed by atoms with Crippen LogP contribution in [-0.4, -0.2) is 41.0 Å². The van der Waals surface area contributed by atoms with Crippen molar-refractivity contribution >= 4 is 23.1 Å². The molecule has 1 aliphatic rings. The number of piperidine rings is 1. The number of hydrogen-bond donors (Lipinski definition) is 2. The second kappa shape index (κ2) is 7.81. The van der Waals surface area contributed by atoms with Crippen molar-refractivity contribution in [2.24, 2.45) is 0 Å². The first kappa shape index (κ1) is 17.0. The molecule has 0 spiro atoms. The van der Waals surface area contributed by atoms with Gasteiger partial charge in [-0.15, -0.1) is 0 Å². The highest BCUT2D eigenvalue weighted by atomic mass is 35.5. The van der Waals surface area contributed by atoms with Crippen molar-refractivity contribution in [3.8, 4) is 0 Å². The lowest BCUT2D eigenvalue weighted by Crippen LogP contribution is -2.40. The van der Waals surface area contributed by atoms with Crippen LogP contribution in [0.3, 0.4) is 0 Å². The van der Waals surface area contributed by atoms with E-state index >= 15 is 0 Å². The second-order valence-corrected chi connectivity index (χ2v) is 6.54. The summed E-state index contributed by atoms with van der Waals surface area (Å²) in [5.74, 6) is 0.784. The van der Waals surface area contributed by atoms with Crippen molar-refractivity contribution in [3.05, 3.63) is 47.4 Å². The van der Waals surface area contributed by atoms with Gasteiger partial charge in [0.05, 0.1) is 0 Å². The molecule has 1 atom stereocenters. The minimum Gasteiger partial charge on any atom is -0.383 e. The molecule has 1 aliphatic heterocycles. The highest BCUT2D eigenvalue weighted by molar-refractivity contribution is 6.32. The zero-order valence-electron chi connectivity index (χ0n) is 14.2. The van der Waals surface area contributed by atoms with E-state index in [1.807, 2.05) is 7.05 Å². The van der Waals surface area contributed by atoms with Gasteiger partial charge >= 0.3 is 0 Å². The molecule has 0 aliphatic carbocycles. The van der Waals surface area contributed by atoms with Gasteiger partial charge in [-0.2, -0.15) is 0 Å². The van der Waals surface area contributed by atoms with Gasteiger partial charge in [0.15, 0.2) is 11.0 Å². The molecule has 0 saturated carbocycles. The van der Waals surface area contributed by atoms with Crippen molar-refractivity contribution in [2.45, 2.75) is 31.8 Å². The van der Waals surface area contributed by atoms with E-state index in [4.69, 9.17) is 11.6 Å². The lowest BCUT2D eigenvalue weighted by Gasteiger charge is -2.36. The largest absolute Gasteiger partial charge is 0.383 e. The zero-order chi connectivity index (χ0) is 16.9. The number of hydrogen-bond acceptors (Lipinski definition) is 5. The summed E-state index contributed by atoms with van der Waals surface area (Å²) in [6, 6.07) is 11.6. The van der Waals surface area contributed by atoms with Gasteiger partial charge in [-0.1, -0.05) is 41.9 Å². The number of anilines is 2. The monoisotopic (exact) mass is 345 g/mol. The molecule has 6 heteroatoms. The number of benzene rings is 1. The van der Waals surface area contributed by atoms with E-state index in [9.17, 15) is 0 Å². The molecule has 1 saturated heterocycles. The Kier molecular flexibility index (Phi) is 5.53. The normalized spacial score (nSPS) is 17.5. The molecule has 3 rings (SSSR count). The second-order valence-electron chi connectivity index (χ2n) is 6.18. The number of rotatable bonds is 5. The van der Waals surface area contributed by atoms with E-state index in [2.05, 4.69) is 62.8 Å². The highest BCUT2D eigenvalue weighted by Crippen LogP contribution is 2.29. The Morgan fingerprint density at radius 2 is 1.88 bits per heavy atom. The van der Waals surface area contributed by atoms with Crippen LogP contribution in [0.2, 0.25) is 5.15 Å². The third kappa shape index (κ3) is 3.79. The lowest BCUT2D eigenvalue weighted by atomic mass is 10.00. The van der Waals surface area contributed by atoms with Crippen molar-refractivity contribution in [1.29, 1.82) is 0 Å². The van der Waals surface area contributed by atoms with Crippen LogP contribution in [0.1, 0.15) is 31.4 Å². The Balaban J connectivity index is 1.59. The highest BCUT2D eigenvalue weighted by Gasteiger charge is 2.24. The maximum atomic E-state index is 6.12. The quantitative estimate of drug-likeness (QED) is 0.807. The minimum absolute atomic E-state index is 0.405. The first-order valence-electron chi connectivity index (χ1n) is 8.43. The van der Waals surface area contributed by atoms with E-state index in [0.717, 1.165) is 37.4 Å². The van der Waals surface area contributed by atoms with Crippen molar-refractivity contribution in [1.82, 2.24) is 14.9 Å². The predicted octanol–water partition coefficient (Wildman–Crippen LogP) is 3.81. The van der Waals surface area contributed by atoms with Crippen LogP contribution in [-0.2, 0) is 0 Å². The lowest BCUT2D eigenvalue weighted by molar-refractivity contribution is 0.167. The van der Waals surface area contributed by atoms with Crippen LogP contribution in [0.5, 0.6) is 0 Å². The van der Waals surface area contributed by atoms with E-state index in [0.29, 0.717) is 17.2 Å². The summed E-state index contributed by atoms with van der Waals surface area (Å²) in [5, 5.41) is 7.04. The summed E-state index contributed by atoms with van der Waals surface area (Å²) < 4.78 is 0. The fraction of sp³-hybridized carbons (Fsp3) is 0.444. The summed E-state index contributed by atoms with van der Waals surface area (Å²) in [4.78, 5) is 10.9. The fourth-order valence-corrected chi connectivity index (χ4v) is 3.49. The van der Waals surface area contributed by atoms with Crippen molar-refractivity contribution in [3.63, 3.8) is 0 Å². The van der Waals surface area contributed by atoms with Gasteiger partial charge in [-0.05, 0) is 25.3 Å². The maximum Gasteiger partial charge on any atom is 0.157 e. The molecule has 5 nitrogen and oxygen atoms in total. The summed E-state index contributed by atoms with van der Waals surface area (Å²) in [6.45, 7) is 4.43. The summed E-state index contributed by atoms with van der Waals surface area (Å²) in [6.07, 6.45) is 3.67. The van der Waals surface area contributed by atoms with E-state index < -0.39 is 0 Å². The molecule has 128 valence electrons. The number of likely N-dealkylation sites (tertiary alicyclic amines) is 1. The number of halogens is 1. The summed E-state index contributed by atoms with van der Waals surface area (Å²) in [5.41, 5.74) is 2.14. The fourth-order valence-electron chi connectivity index (χ4n) is 3.26. The Labute approximate surface area is 148 Å². The number of nitrogens with one attached hydrogen (secondary N) is 2. The SMILES string of the molecule is CNc1c(Cl)ncnc1NC1CCN(C(C)c2ccccc2)CC1. The molecule has 2 heterocycles. The van der Waals surface area contributed by atoms with E-state index in [-0.39, 0.29) is 0 Å². The maximum absolute atomic E-state index is 6.12. The van der Waals surface area contributed by atoms with Gasteiger partial charge < -0.3 is 10.6 Å². The third-order valence-corrected chi connectivity index (χ3v) is 5.04. The predicted molar refractivity (Wildman–Crippen MR) is 99.7 cm³/mol. The molecule has 1 aromatic heterocycles. The van der Waals surface area contributed by atoms with Crippen LogP contribution < -0.4 is 10.6 Å². The zero-order valence-corrected chi connectivity index (χ0v) is 14.9. The Morgan fingerprint density at radius 1 is 1.17 bits per heavy atom. The molecular formula is C18H24ClN5. The average Bonchev–Trinajstić information content (AvgIpc) is 2.63. The molecule has 24 heavy (non-hydrogen) atoms. The summed E-state index contributed by atoms with van der Waals surface area (Å²) in [7, 11) is 1.83. The van der Waals surface area contributed by atoms with E-state index in [1.54, 1.807) is 0 Å². The first-order chi connectivity index (χ1) is 11.7. The van der Waals surface area contributed by atoms with Gasteiger partial charge in [-0.3, -0.25) is 4.90 Å². The van der Waals surface area contributed by atoms with E-state index in [1.165, 1.54) is 11.9 Å². The number of aromatic nitrogens is 2. The van der Waals surface area contributed by atoms with Crippen LogP contribution >= 0.6 is 11.6 Å². The van der Waals surface area contributed by atoms with Crippen LogP contribution in [0.4, 0.5) is 11.5 Å².